The second kappa shape index (κ2) is 9.89. The van der Waals surface area contributed by atoms with Crippen molar-refractivity contribution in [3.63, 3.8) is 0 Å². The Morgan fingerprint density at radius 1 is 1.07 bits per heavy atom. The minimum absolute atomic E-state index is 0.0227. The van der Waals surface area contributed by atoms with E-state index in [4.69, 9.17) is 15.9 Å². The molecule has 2 atom stereocenters. The molecule has 6 nitrogen and oxygen atoms in total. The van der Waals surface area contributed by atoms with Crippen molar-refractivity contribution in [2.45, 2.75) is 49.5 Å². The molecule has 1 fully saturated rings. The van der Waals surface area contributed by atoms with E-state index in [1.807, 2.05) is 24.3 Å². The first-order chi connectivity index (χ1) is 14.3. The lowest BCUT2D eigenvalue weighted by molar-refractivity contribution is -0.156. The van der Waals surface area contributed by atoms with Gasteiger partial charge in [-0.15, -0.1) is 0 Å². The second-order valence-electron chi connectivity index (χ2n) is 7.87. The molecule has 0 radical (unpaired) electrons. The number of amidine groups is 1. The Balaban J connectivity index is 1.47. The van der Waals surface area contributed by atoms with Crippen molar-refractivity contribution in [1.29, 1.82) is 5.41 Å². The molecule has 1 saturated heterocycles. The van der Waals surface area contributed by atoms with Gasteiger partial charge in [-0.25, -0.2) is 8.42 Å². The van der Waals surface area contributed by atoms with Crippen LogP contribution in [0.2, 0.25) is 0 Å². The van der Waals surface area contributed by atoms with E-state index in [1.165, 1.54) is 5.56 Å². The van der Waals surface area contributed by atoms with Crippen LogP contribution in [-0.2, 0) is 25.8 Å². The van der Waals surface area contributed by atoms with E-state index < -0.39 is 9.84 Å². The number of benzene rings is 2. The zero-order valence-electron chi connectivity index (χ0n) is 16.9. The average Bonchev–Trinajstić information content (AvgIpc) is 2.71. The smallest absolute Gasteiger partial charge is 0.306 e. The molecule has 2 aromatic carbocycles. The van der Waals surface area contributed by atoms with Crippen molar-refractivity contribution in [3.05, 3.63) is 65.7 Å². The Kier molecular flexibility index (Phi) is 7.26. The lowest BCUT2D eigenvalue weighted by Crippen LogP contribution is -2.33. The summed E-state index contributed by atoms with van der Waals surface area (Å²) in [6.07, 6.45) is 3.99. The third kappa shape index (κ3) is 6.16. The van der Waals surface area contributed by atoms with Crippen LogP contribution in [0.3, 0.4) is 0 Å². The molecule has 1 aliphatic heterocycles. The molecule has 3 N–H and O–H groups in total. The van der Waals surface area contributed by atoms with Crippen molar-refractivity contribution in [2.24, 2.45) is 11.7 Å². The highest BCUT2D eigenvalue weighted by Gasteiger charge is 2.32. The number of rotatable bonds is 9. The Morgan fingerprint density at radius 3 is 2.43 bits per heavy atom. The quantitative estimate of drug-likeness (QED) is 0.275. The fraction of sp³-hybridized carbons (Fsp3) is 0.391. The van der Waals surface area contributed by atoms with Gasteiger partial charge in [-0.2, -0.15) is 0 Å². The predicted molar refractivity (Wildman–Crippen MR) is 116 cm³/mol. The third-order valence-corrected chi connectivity index (χ3v) is 7.31. The van der Waals surface area contributed by atoms with E-state index in [1.54, 1.807) is 30.3 Å². The standard InChI is InChI=1S/C23H28N2O4S/c24-23(25)19-12-10-17(11-13-19)6-4-5-7-20-14-18(15-22(26)29-20)16-30(27,28)21-8-2-1-3-9-21/h1-3,8-13,18,20H,4-7,14-16H2,(H3,24,25). The number of hydrogen-bond donors (Lipinski definition) is 2. The van der Waals surface area contributed by atoms with Gasteiger partial charge in [-0.1, -0.05) is 42.5 Å². The van der Waals surface area contributed by atoms with Crippen LogP contribution >= 0.6 is 0 Å². The van der Waals surface area contributed by atoms with Crippen LogP contribution in [0.1, 0.15) is 43.2 Å². The number of cyclic esters (lactones) is 1. The lowest BCUT2D eigenvalue weighted by Gasteiger charge is -2.28. The Labute approximate surface area is 177 Å². The molecule has 1 heterocycles. The molecule has 0 aliphatic carbocycles. The molecule has 30 heavy (non-hydrogen) atoms. The molecule has 2 aromatic rings. The fourth-order valence-electron chi connectivity index (χ4n) is 3.86. The van der Waals surface area contributed by atoms with E-state index >= 15 is 0 Å². The Hall–Kier alpha value is -2.67. The minimum atomic E-state index is -3.41. The molecule has 0 bridgehead atoms. The number of nitrogens with two attached hydrogens (primary N) is 1. The van der Waals surface area contributed by atoms with Gasteiger partial charge in [-0.05, 0) is 55.7 Å². The van der Waals surface area contributed by atoms with E-state index in [0.717, 1.165) is 25.7 Å². The van der Waals surface area contributed by atoms with E-state index in [0.29, 0.717) is 16.9 Å². The topological polar surface area (TPSA) is 110 Å². The highest BCUT2D eigenvalue weighted by atomic mass is 32.2. The van der Waals surface area contributed by atoms with E-state index in [-0.39, 0.29) is 36.0 Å². The molecule has 7 heteroatoms. The van der Waals surface area contributed by atoms with Crippen LogP contribution in [0.15, 0.2) is 59.5 Å². The van der Waals surface area contributed by atoms with Gasteiger partial charge >= 0.3 is 5.97 Å². The van der Waals surface area contributed by atoms with Crippen molar-refractivity contribution in [1.82, 2.24) is 0 Å². The minimum Gasteiger partial charge on any atom is -0.462 e. The molecule has 0 spiro atoms. The van der Waals surface area contributed by atoms with Crippen molar-refractivity contribution in [3.8, 4) is 0 Å². The van der Waals surface area contributed by atoms with Crippen LogP contribution < -0.4 is 5.73 Å². The largest absolute Gasteiger partial charge is 0.462 e. The maximum absolute atomic E-state index is 12.6. The average molecular weight is 429 g/mol. The van der Waals surface area contributed by atoms with Crippen molar-refractivity contribution < 1.29 is 17.9 Å². The summed E-state index contributed by atoms with van der Waals surface area (Å²) in [4.78, 5) is 12.3. The van der Waals surface area contributed by atoms with Gasteiger partial charge < -0.3 is 10.5 Å². The molecular weight excluding hydrogens is 400 g/mol. The SMILES string of the molecule is N=C(N)c1ccc(CCCCC2CC(CS(=O)(=O)c3ccccc3)CC(=O)O2)cc1. The molecule has 0 aromatic heterocycles. The number of ether oxygens (including phenoxy) is 1. The third-order valence-electron chi connectivity index (χ3n) is 5.41. The maximum atomic E-state index is 12.6. The van der Waals surface area contributed by atoms with Gasteiger partial charge in [0, 0.05) is 12.0 Å². The van der Waals surface area contributed by atoms with Gasteiger partial charge in [0.25, 0.3) is 0 Å². The number of carbonyl (C=O) groups excluding carboxylic acids is 1. The molecule has 0 saturated carbocycles. The molecule has 0 amide bonds. The summed E-state index contributed by atoms with van der Waals surface area (Å²) in [5.41, 5.74) is 7.35. The first kappa shape index (κ1) is 22.0. The molecular formula is C23H28N2O4S. The summed E-state index contributed by atoms with van der Waals surface area (Å²) in [7, 11) is -3.41. The number of carbonyl (C=O) groups is 1. The highest BCUT2D eigenvalue weighted by molar-refractivity contribution is 7.91. The summed E-state index contributed by atoms with van der Waals surface area (Å²) in [5.74, 6) is -0.477. The number of aryl methyl sites for hydroxylation is 1. The number of esters is 1. The highest BCUT2D eigenvalue weighted by Crippen LogP contribution is 2.28. The fourth-order valence-corrected chi connectivity index (χ4v) is 5.50. The zero-order chi connectivity index (χ0) is 21.6. The molecule has 1 aliphatic rings. The Morgan fingerprint density at radius 2 is 1.77 bits per heavy atom. The van der Waals surface area contributed by atoms with Gasteiger partial charge in [0.2, 0.25) is 0 Å². The van der Waals surface area contributed by atoms with Crippen LogP contribution in [0.4, 0.5) is 0 Å². The summed E-state index contributed by atoms with van der Waals surface area (Å²) >= 11 is 0. The molecule has 3 rings (SSSR count). The molecule has 2 unspecified atom stereocenters. The lowest BCUT2D eigenvalue weighted by atomic mass is 9.93. The van der Waals surface area contributed by atoms with Crippen LogP contribution in [0.25, 0.3) is 0 Å². The van der Waals surface area contributed by atoms with Crippen LogP contribution in [-0.4, -0.2) is 32.1 Å². The summed E-state index contributed by atoms with van der Waals surface area (Å²) in [6, 6.07) is 16.0. The number of unbranched alkanes of at least 4 members (excludes halogenated alkanes) is 1. The second-order valence-corrected chi connectivity index (χ2v) is 9.90. The first-order valence-electron chi connectivity index (χ1n) is 10.2. The normalized spacial score (nSPS) is 19.3. The van der Waals surface area contributed by atoms with Crippen LogP contribution in [0.5, 0.6) is 0 Å². The number of hydrogen-bond acceptors (Lipinski definition) is 5. The maximum Gasteiger partial charge on any atom is 0.306 e. The summed E-state index contributed by atoms with van der Waals surface area (Å²) in [6.45, 7) is 0. The van der Waals surface area contributed by atoms with Gasteiger partial charge in [0.1, 0.15) is 11.9 Å². The number of sulfone groups is 1. The van der Waals surface area contributed by atoms with E-state index in [2.05, 4.69) is 0 Å². The van der Waals surface area contributed by atoms with Crippen LogP contribution in [0, 0.1) is 11.3 Å². The summed E-state index contributed by atoms with van der Waals surface area (Å²) < 4.78 is 30.7. The predicted octanol–water partition coefficient (Wildman–Crippen LogP) is 3.48. The monoisotopic (exact) mass is 428 g/mol. The molecule has 160 valence electrons. The van der Waals surface area contributed by atoms with Crippen molar-refractivity contribution in [2.75, 3.05) is 5.75 Å². The van der Waals surface area contributed by atoms with Gasteiger partial charge in [-0.3, -0.25) is 10.2 Å². The van der Waals surface area contributed by atoms with Crippen molar-refractivity contribution >= 4 is 21.6 Å². The van der Waals surface area contributed by atoms with Gasteiger partial charge in [0.05, 0.1) is 10.6 Å². The Bertz CT molecular complexity index is 972. The first-order valence-corrected chi connectivity index (χ1v) is 11.9. The number of nitrogens with one attached hydrogen (secondary N) is 1. The zero-order valence-corrected chi connectivity index (χ0v) is 17.7. The number of nitrogen functional groups attached to an aromatic ring is 1. The van der Waals surface area contributed by atoms with Gasteiger partial charge in [0.15, 0.2) is 9.84 Å². The summed E-state index contributed by atoms with van der Waals surface area (Å²) in [5, 5.41) is 7.42. The van der Waals surface area contributed by atoms with E-state index in [9.17, 15) is 13.2 Å².